The van der Waals surface area contributed by atoms with Crippen molar-refractivity contribution >= 4 is 27.7 Å². The van der Waals surface area contributed by atoms with Gasteiger partial charge in [0.15, 0.2) is 0 Å². The van der Waals surface area contributed by atoms with Crippen LogP contribution in [0.2, 0.25) is 0 Å². The highest BCUT2D eigenvalue weighted by molar-refractivity contribution is 9.10. The Morgan fingerprint density at radius 3 is 2.74 bits per heavy atom. The Labute approximate surface area is 117 Å². The van der Waals surface area contributed by atoms with Crippen molar-refractivity contribution in [1.82, 2.24) is 4.98 Å². The first-order valence-electron chi connectivity index (χ1n) is 5.22. The molecule has 0 atom stereocenters. The van der Waals surface area contributed by atoms with Crippen LogP contribution in [-0.2, 0) is 0 Å². The third-order valence-electron chi connectivity index (χ3n) is 2.31. The number of hydrogen-bond donors (Lipinski definition) is 1. The number of nitrogens with one attached hydrogen (secondary N) is 1. The predicted molar refractivity (Wildman–Crippen MR) is 71.0 cm³/mol. The number of carbonyl (C=O) groups excluding carboxylic acids is 1. The van der Waals surface area contributed by atoms with Gasteiger partial charge in [-0.15, -0.1) is 0 Å². The molecule has 0 aliphatic heterocycles. The van der Waals surface area contributed by atoms with Gasteiger partial charge in [0.1, 0.15) is 11.6 Å². The zero-order chi connectivity index (χ0) is 13.8. The van der Waals surface area contributed by atoms with Gasteiger partial charge in [0.2, 0.25) is 0 Å². The molecule has 1 amide bonds. The van der Waals surface area contributed by atoms with E-state index in [4.69, 9.17) is 5.26 Å². The van der Waals surface area contributed by atoms with Gasteiger partial charge < -0.3 is 5.32 Å². The number of nitriles is 1. The molecule has 0 saturated heterocycles. The first-order chi connectivity index (χ1) is 9.10. The lowest BCUT2D eigenvalue weighted by Gasteiger charge is -2.05. The summed E-state index contributed by atoms with van der Waals surface area (Å²) >= 11 is 3.22. The number of halogens is 2. The number of amides is 1. The lowest BCUT2D eigenvalue weighted by Crippen LogP contribution is -2.14. The normalized spacial score (nSPS) is 9.74. The summed E-state index contributed by atoms with van der Waals surface area (Å²) in [6.45, 7) is 0. The van der Waals surface area contributed by atoms with Crippen molar-refractivity contribution in [3.63, 3.8) is 0 Å². The van der Waals surface area contributed by atoms with E-state index in [-0.39, 0.29) is 11.1 Å². The fraction of sp³-hybridized carbons (Fsp3) is 0. The number of nitrogens with zero attached hydrogens (tertiary/aromatic N) is 2. The molecule has 0 unspecified atom stereocenters. The lowest BCUT2D eigenvalue weighted by atomic mass is 10.1. The Hall–Kier alpha value is -2.26. The molecular weight excluding hydrogens is 313 g/mol. The Balaban J connectivity index is 2.21. The molecule has 0 aliphatic rings. The van der Waals surface area contributed by atoms with E-state index in [2.05, 4.69) is 26.2 Å². The smallest absolute Gasteiger partial charge is 0.259 e. The summed E-state index contributed by atoms with van der Waals surface area (Å²) in [6, 6.07) is 8.76. The average molecular weight is 320 g/mol. The number of rotatable bonds is 2. The molecule has 1 aromatic heterocycles. The topological polar surface area (TPSA) is 65.8 Å². The largest absolute Gasteiger partial charge is 0.306 e. The van der Waals surface area contributed by atoms with Crippen LogP contribution in [0.15, 0.2) is 41.0 Å². The molecule has 1 heterocycles. The second-order valence-electron chi connectivity index (χ2n) is 3.62. The van der Waals surface area contributed by atoms with Gasteiger partial charge in [-0.2, -0.15) is 5.26 Å². The molecule has 6 heteroatoms. The molecule has 0 bridgehead atoms. The van der Waals surface area contributed by atoms with E-state index in [1.54, 1.807) is 18.2 Å². The molecule has 1 aromatic carbocycles. The standard InChI is InChI=1S/C13H7BrFN3O/c14-9-2-4-12(17-7-9)18-13(19)10-3-1-8(6-16)5-11(10)15/h1-5,7H,(H,17,18,19). The SMILES string of the molecule is N#Cc1ccc(C(=O)Nc2ccc(Br)cn2)c(F)c1. The molecule has 0 saturated carbocycles. The van der Waals surface area contributed by atoms with Crippen LogP contribution in [0, 0.1) is 17.1 Å². The van der Waals surface area contributed by atoms with E-state index in [0.717, 1.165) is 10.5 Å². The van der Waals surface area contributed by atoms with Crippen molar-refractivity contribution in [2.45, 2.75) is 0 Å². The Morgan fingerprint density at radius 2 is 2.16 bits per heavy atom. The van der Waals surface area contributed by atoms with Crippen LogP contribution >= 0.6 is 15.9 Å². The Morgan fingerprint density at radius 1 is 1.37 bits per heavy atom. The highest BCUT2D eigenvalue weighted by atomic mass is 79.9. The van der Waals surface area contributed by atoms with Crippen molar-refractivity contribution in [2.24, 2.45) is 0 Å². The Bertz CT molecular complexity index is 665. The summed E-state index contributed by atoms with van der Waals surface area (Å²) in [5.41, 5.74) is 0.0273. The zero-order valence-corrected chi connectivity index (χ0v) is 11.1. The molecule has 0 fully saturated rings. The second kappa shape index (κ2) is 5.59. The summed E-state index contributed by atoms with van der Waals surface area (Å²) < 4.78 is 14.4. The van der Waals surface area contributed by atoms with E-state index < -0.39 is 11.7 Å². The number of pyridine rings is 1. The van der Waals surface area contributed by atoms with Gasteiger partial charge >= 0.3 is 0 Å². The predicted octanol–water partition coefficient (Wildman–Crippen LogP) is 3.11. The highest BCUT2D eigenvalue weighted by Gasteiger charge is 2.12. The highest BCUT2D eigenvalue weighted by Crippen LogP contribution is 2.14. The van der Waals surface area contributed by atoms with Gasteiger partial charge in [0, 0.05) is 10.7 Å². The summed E-state index contributed by atoms with van der Waals surface area (Å²) in [5, 5.41) is 11.1. The zero-order valence-electron chi connectivity index (χ0n) is 9.52. The van der Waals surface area contributed by atoms with Crippen LogP contribution in [0.1, 0.15) is 15.9 Å². The van der Waals surface area contributed by atoms with E-state index in [1.807, 2.05) is 0 Å². The fourth-order valence-electron chi connectivity index (χ4n) is 1.40. The number of carbonyl (C=O) groups is 1. The van der Waals surface area contributed by atoms with Gasteiger partial charge in [-0.25, -0.2) is 9.37 Å². The third-order valence-corrected chi connectivity index (χ3v) is 2.78. The van der Waals surface area contributed by atoms with Crippen LogP contribution in [0.25, 0.3) is 0 Å². The van der Waals surface area contributed by atoms with Crippen molar-refractivity contribution in [2.75, 3.05) is 5.32 Å². The minimum absolute atomic E-state index is 0.135. The van der Waals surface area contributed by atoms with E-state index in [9.17, 15) is 9.18 Å². The third kappa shape index (κ3) is 3.14. The fourth-order valence-corrected chi connectivity index (χ4v) is 1.64. The van der Waals surface area contributed by atoms with E-state index in [1.165, 1.54) is 18.3 Å². The van der Waals surface area contributed by atoms with Crippen molar-refractivity contribution in [3.05, 3.63) is 57.9 Å². The summed E-state index contributed by atoms with van der Waals surface area (Å²) in [5.74, 6) is -1.04. The van der Waals surface area contributed by atoms with E-state index in [0.29, 0.717) is 5.82 Å². The molecule has 1 N–H and O–H groups in total. The maximum absolute atomic E-state index is 13.6. The summed E-state index contributed by atoms with van der Waals surface area (Å²) in [4.78, 5) is 15.8. The van der Waals surface area contributed by atoms with E-state index >= 15 is 0 Å². The van der Waals surface area contributed by atoms with Gasteiger partial charge in [0.05, 0.1) is 17.2 Å². The van der Waals surface area contributed by atoms with Crippen LogP contribution in [0.5, 0.6) is 0 Å². The van der Waals surface area contributed by atoms with Crippen molar-refractivity contribution < 1.29 is 9.18 Å². The molecular formula is C13H7BrFN3O. The maximum Gasteiger partial charge on any atom is 0.259 e. The first-order valence-corrected chi connectivity index (χ1v) is 6.02. The van der Waals surface area contributed by atoms with Crippen LogP contribution in [0.4, 0.5) is 10.2 Å². The first kappa shape index (κ1) is 13.2. The molecule has 4 nitrogen and oxygen atoms in total. The monoisotopic (exact) mass is 319 g/mol. The average Bonchev–Trinajstić information content (AvgIpc) is 2.41. The minimum atomic E-state index is -0.742. The van der Waals surface area contributed by atoms with Crippen LogP contribution in [0.3, 0.4) is 0 Å². The molecule has 19 heavy (non-hydrogen) atoms. The molecule has 94 valence electrons. The molecule has 0 spiro atoms. The lowest BCUT2D eigenvalue weighted by molar-refractivity contribution is 0.102. The van der Waals surface area contributed by atoms with Crippen LogP contribution in [-0.4, -0.2) is 10.9 Å². The van der Waals surface area contributed by atoms with Crippen molar-refractivity contribution in [3.8, 4) is 6.07 Å². The van der Waals surface area contributed by atoms with Crippen molar-refractivity contribution in [1.29, 1.82) is 5.26 Å². The summed E-state index contributed by atoms with van der Waals surface area (Å²) in [7, 11) is 0. The summed E-state index contributed by atoms with van der Waals surface area (Å²) in [6.07, 6.45) is 1.52. The number of anilines is 1. The number of benzene rings is 1. The van der Waals surface area contributed by atoms with Gasteiger partial charge in [-0.05, 0) is 46.3 Å². The van der Waals surface area contributed by atoms with Gasteiger partial charge in [-0.3, -0.25) is 4.79 Å². The molecule has 2 aromatic rings. The minimum Gasteiger partial charge on any atom is -0.306 e. The van der Waals surface area contributed by atoms with Crippen LogP contribution < -0.4 is 5.32 Å². The Kier molecular flexibility index (Phi) is 3.88. The quantitative estimate of drug-likeness (QED) is 0.924. The second-order valence-corrected chi connectivity index (χ2v) is 4.54. The van der Waals surface area contributed by atoms with Gasteiger partial charge in [0.25, 0.3) is 5.91 Å². The molecule has 0 radical (unpaired) electrons. The molecule has 0 aliphatic carbocycles. The number of aromatic nitrogens is 1. The maximum atomic E-state index is 13.6. The molecule has 2 rings (SSSR count). The number of hydrogen-bond acceptors (Lipinski definition) is 3. The van der Waals surface area contributed by atoms with Gasteiger partial charge in [-0.1, -0.05) is 0 Å².